The van der Waals surface area contributed by atoms with Crippen LogP contribution in [0.3, 0.4) is 0 Å². The van der Waals surface area contributed by atoms with Crippen molar-refractivity contribution in [2.45, 2.75) is 45.1 Å². The van der Waals surface area contributed by atoms with Crippen molar-refractivity contribution < 1.29 is 4.39 Å². The highest BCUT2D eigenvalue weighted by Gasteiger charge is 2.29. The molecule has 0 aromatic heterocycles. The lowest BCUT2D eigenvalue weighted by Crippen LogP contribution is -2.30. The van der Waals surface area contributed by atoms with Gasteiger partial charge in [0.1, 0.15) is 5.82 Å². The number of hydrogen-bond donors (Lipinski definition) is 1. The van der Waals surface area contributed by atoms with E-state index in [0.717, 1.165) is 16.0 Å². The maximum absolute atomic E-state index is 14.2. The van der Waals surface area contributed by atoms with Crippen molar-refractivity contribution in [2.75, 3.05) is 7.05 Å². The Morgan fingerprint density at radius 2 is 2.21 bits per heavy atom. The number of hydrogen-bond acceptors (Lipinski definition) is 1. The molecule has 0 aliphatic heterocycles. The summed E-state index contributed by atoms with van der Waals surface area (Å²) in [6.45, 7) is 2.27. The van der Waals surface area contributed by atoms with Gasteiger partial charge in [-0.25, -0.2) is 4.39 Å². The largest absolute Gasteiger partial charge is 0.313 e. The molecule has 1 nitrogen and oxygen atoms in total. The molecule has 106 valence electrons. The first kappa shape index (κ1) is 15.0. The van der Waals surface area contributed by atoms with E-state index in [4.69, 9.17) is 0 Å². The zero-order valence-corrected chi connectivity index (χ0v) is 13.3. The van der Waals surface area contributed by atoms with E-state index in [0.29, 0.717) is 5.92 Å². The van der Waals surface area contributed by atoms with E-state index in [9.17, 15) is 4.39 Å². The van der Waals surface area contributed by atoms with Crippen LogP contribution in [0.1, 0.15) is 50.6 Å². The van der Waals surface area contributed by atoms with Crippen molar-refractivity contribution in [2.24, 2.45) is 11.8 Å². The molecule has 1 fully saturated rings. The molecule has 1 aromatic carbocycles. The highest BCUT2D eigenvalue weighted by atomic mass is 79.9. The molecule has 1 aromatic rings. The van der Waals surface area contributed by atoms with Crippen molar-refractivity contribution in [1.29, 1.82) is 0 Å². The Hall–Kier alpha value is -0.410. The number of rotatable bonds is 4. The fourth-order valence-electron chi connectivity index (χ4n) is 3.40. The van der Waals surface area contributed by atoms with Crippen LogP contribution in [0.25, 0.3) is 0 Å². The summed E-state index contributed by atoms with van der Waals surface area (Å²) in [7, 11) is 1.95. The third-order valence-corrected chi connectivity index (χ3v) is 4.97. The van der Waals surface area contributed by atoms with E-state index >= 15 is 0 Å². The molecule has 1 saturated carbocycles. The highest BCUT2D eigenvalue weighted by molar-refractivity contribution is 9.10. The highest BCUT2D eigenvalue weighted by Crippen LogP contribution is 2.39. The molecule has 0 spiro atoms. The minimum absolute atomic E-state index is 0.104. The molecule has 3 unspecified atom stereocenters. The standard InChI is InChI=1S/C16H23BrFN/c1-3-11-5-4-6-12(9-11)16(19-2)14-8-7-13(17)10-15(14)18/h7-8,10-12,16,19H,3-6,9H2,1-2H3. The lowest BCUT2D eigenvalue weighted by molar-refractivity contribution is 0.212. The van der Waals surface area contributed by atoms with E-state index in [1.165, 1.54) is 32.1 Å². The van der Waals surface area contributed by atoms with Crippen LogP contribution in [-0.2, 0) is 0 Å². The zero-order chi connectivity index (χ0) is 13.8. The van der Waals surface area contributed by atoms with Crippen LogP contribution in [0.2, 0.25) is 0 Å². The van der Waals surface area contributed by atoms with Crippen LogP contribution in [-0.4, -0.2) is 7.05 Å². The fourth-order valence-corrected chi connectivity index (χ4v) is 3.74. The second kappa shape index (κ2) is 6.85. The molecule has 1 aliphatic rings. The molecule has 1 aliphatic carbocycles. The lowest BCUT2D eigenvalue weighted by atomic mass is 9.75. The fraction of sp³-hybridized carbons (Fsp3) is 0.625. The molecule has 1 N–H and O–H groups in total. The normalized spacial score (nSPS) is 25.3. The summed E-state index contributed by atoms with van der Waals surface area (Å²) >= 11 is 3.32. The van der Waals surface area contributed by atoms with Crippen molar-refractivity contribution in [1.82, 2.24) is 5.32 Å². The summed E-state index contributed by atoms with van der Waals surface area (Å²) < 4.78 is 15.0. The van der Waals surface area contributed by atoms with Crippen LogP contribution in [0, 0.1) is 17.7 Å². The molecule has 3 heteroatoms. The number of benzene rings is 1. The summed E-state index contributed by atoms with van der Waals surface area (Å²) in [5.41, 5.74) is 0.812. The molecular formula is C16H23BrFN. The number of halogens is 2. The van der Waals surface area contributed by atoms with Gasteiger partial charge < -0.3 is 5.32 Å². The van der Waals surface area contributed by atoms with Gasteiger partial charge in [-0.15, -0.1) is 0 Å². The lowest BCUT2D eigenvalue weighted by Gasteiger charge is -2.34. The molecule has 3 atom stereocenters. The maximum Gasteiger partial charge on any atom is 0.129 e. The van der Waals surface area contributed by atoms with Gasteiger partial charge in [0.15, 0.2) is 0 Å². The van der Waals surface area contributed by atoms with Gasteiger partial charge in [-0.2, -0.15) is 0 Å². The minimum Gasteiger partial charge on any atom is -0.313 e. The summed E-state index contributed by atoms with van der Waals surface area (Å²) in [6.07, 6.45) is 6.29. The zero-order valence-electron chi connectivity index (χ0n) is 11.8. The van der Waals surface area contributed by atoms with E-state index < -0.39 is 0 Å². The van der Waals surface area contributed by atoms with Gasteiger partial charge in [0.05, 0.1) is 0 Å². The van der Waals surface area contributed by atoms with E-state index in [1.807, 2.05) is 19.2 Å². The average molecular weight is 328 g/mol. The maximum atomic E-state index is 14.2. The Bertz CT molecular complexity index is 421. The van der Waals surface area contributed by atoms with Gasteiger partial charge in [0, 0.05) is 16.1 Å². The number of nitrogens with one attached hydrogen (secondary N) is 1. The van der Waals surface area contributed by atoms with Crippen molar-refractivity contribution in [3.63, 3.8) is 0 Å². The van der Waals surface area contributed by atoms with Gasteiger partial charge in [0.2, 0.25) is 0 Å². The summed E-state index contributed by atoms with van der Waals surface area (Å²) in [5.74, 6) is 1.26. The van der Waals surface area contributed by atoms with Gasteiger partial charge in [-0.05, 0) is 43.9 Å². The molecule has 0 amide bonds. The van der Waals surface area contributed by atoms with Crippen LogP contribution in [0.5, 0.6) is 0 Å². The monoisotopic (exact) mass is 327 g/mol. The molecule has 0 saturated heterocycles. The first-order valence-corrected chi connectivity index (χ1v) is 8.07. The molecule has 2 rings (SSSR count). The molecule has 0 bridgehead atoms. The van der Waals surface area contributed by atoms with Crippen LogP contribution in [0.15, 0.2) is 22.7 Å². The first-order chi connectivity index (χ1) is 9.15. The van der Waals surface area contributed by atoms with E-state index in [-0.39, 0.29) is 11.9 Å². The molecule has 0 radical (unpaired) electrons. The van der Waals surface area contributed by atoms with Crippen LogP contribution < -0.4 is 5.32 Å². The van der Waals surface area contributed by atoms with Gasteiger partial charge >= 0.3 is 0 Å². The van der Waals surface area contributed by atoms with Crippen molar-refractivity contribution >= 4 is 15.9 Å². The topological polar surface area (TPSA) is 12.0 Å². The summed E-state index contributed by atoms with van der Waals surface area (Å²) in [6, 6.07) is 5.56. The van der Waals surface area contributed by atoms with Crippen LogP contribution in [0.4, 0.5) is 4.39 Å². The Balaban J connectivity index is 2.19. The third kappa shape index (κ3) is 3.57. The summed E-state index contributed by atoms with van der Waals surface area (Å²) in [4.78, 5) is 0. The Morgan fingerprint density at radius 1 is 1.42 bits per heavy atom. The van der Waals surface area contributed by atoms with E-state index in [2.05, 4.69) is 28.2 Å². The second-order valence-electron chi connectivity index (χ2n) is 5.63. The summed E-state index contributed by atoms with van der Waals surface area (Å²) in [5, 5.41) is 3.34. The Kier molecular flexibility index (Phi) is 5.40. The molecule has 19 heavy (non-hydrogen) atoms. The van der Waals surface area contributed by atoms with E-state index in [1.54, 1.807) is 6.07 Å². The second-order valence-corrected chi connectivity index (χ2v) is 6.55. The average Bonchev–Trinajstić information content (AvgIpc) is 2.42. The SMILES string of the molecule is CCC1CCCC(C(NC)c2ccc(Br)cc2F)C1. The quantitative estimate of drug-likeness (QED) is 0.814. The molecule has 0 heterocycles. The van der Waals surface area contributed by atoms with Gasteiger partial charge in [-0.1, -0.05) is 48.2 Å². The minimum atomic E-state index is -0.104. The third-order valence-electron chi connectivity index (χ3n) is 4.48. The predicted octanol–water partition coefficient (Wildman–Crippen LogP) is 5.07. The molecular weight excluding hydrogens is 305 g/mol. The Labute approximate surface area is 124 Å². The van der Waals surface area contributed by atoms with Gasteiger partial charge in [-0.3, -0.25) is 0 Å². The van der Waals surface area contributed by atoms with Crippen molar-refractivity contribution in [3.05, 3.63) is 34.1 Å². The van der Waals surface area contributed by atoms with Crippen molar-refractivity contribution in [3.8, 4) is 0 Å². The Morgan fingerprint density at radius 3 is 2.84 bits per heavy atom. The smallest absolute Gasteiger partial charge is 0.129 e. The van der Waals surface area contributed by atoms with Gasteiger partial charge in [0.25, 0.3) is 0 Å². The van der Waals surface area contributed by atoms with Crippen LogP contribution >= 0.6 is 15.9 Å². The predicted molar refractivity (Wildman–Crippen MR) is 81.6 cm³/mol. The first-order valence-electron chi connectivity index (χ1n) is 7.28.